The van der Waals surface area contributed by atoms with E-state index in [1.54, 1.807) is 0 Å². The van der Waals surface area contributed by atoms with Gasteiger partial charge in [-0.3, -0.25) is 0 Å². The standard InChI is InChI=1S/C24H26O3/c1-3-5-17-7-11-19(12-8-17)23(21-15-25-21)27-24(22-16-26-22)20-13-9-18(6-4-2)10-14-20/h3-4,7-14,21-24H,1-2,5-6,15-16H2. The van der Waals surface area contributed by atoms with Crippen molar-refractivity contribution in [1.29, 1.82) is 0 Å². The van der Waals surface area contributed by atoms with Gasteiger partial charge >= 0.3 is 0 Å². The SMILES string of the molecule is C=CCc1ccc(C(OC(c2ccc(CC=C)cc2)C2CO2)C2CO2)cc1. The van der Waals surface area contributed by atoms with Gasteiger partial charge in [-0.1, -0.05) is 60.7 Å². The summed E-state index contributed by atoms with van der Waals surface area (Å²) in [5, 5.41) is 0. The van der Waals surface area contributed by atoms with Crippen LogP contribution in [0.2, 0.25) is 0 Å². The lowest BCUT2D eigenvalue weighted by molar-refractivity contribution is -0.0419. The lowest BCUT2D eigenvalue weighted by Crippen LogP contribution is -2.19. The summed E-state index contributed by atoms with van der Waals surface area (Å²) >= 11 is 0. The molecule has 27 heavy (non-hydrogen) atoms. The van der Waals surface area contributed by atoms with Crippen molar-refractivity contribution in [1.82, 2.24) is 0 Å². The van der Waals surface area contributed by atoms with Crippen LogP contribution in [0.25, 0.3) is 0 Å². The van der Waals surface area contributed by atoms with Crippen LogP contribution >= 0.6 is 0 Å². The molecule has 4 atom stereocenters. The Balaban J connectivity index is 1.53. The maximum Gasteiger partial charge on any atom is 0.112 e. The summed E-state index contributed by atoms with van der Waals surface area (Å²) < 4.78 is 17.8. The highest BCUT2D eigenvalue weighted by Crippen LogP contribution is 2.40. The maximum absolute atomic E-state index is 6.58. The van der Waals surface area contributed by atoms with E-state index in [4.69, 9.17) is 14.2 Å². The number of hydrogen-bond donors (Lipinski definition) is 0. The molecule has 0 aliphatic carbocycles. The van der Waals surface area contributed by atoms with Crippen molar-refractivity contribution < 1.29 is 14.2 Å². The van der Waals surface area contributed by atoms with Gasteiger partial charge in [-0.2, -0.15) is 0 Å². The van der Waals surface area contributed by atoms with Crippen LogP contribution in [0.4, 0.5) is 0 Å². The molecule has 4 unspecified atom stereocenters. The third-order valence-electron chi connectivity index (χ3n) is 5.06. The van der Waals surface area contributed by atoms with E-state index >= 15 is 0 Å². The Kier molecular flexibility index (Phi) is 5.53. The van der Waals surface area contributed by atoms with Crippen LogP contribution in [0, 0.1) is 0 Å². The van der Waals surface area contributed by atoms with E-state index < -0.39 is 0 Å². The Labute approximate surface area is 161 Å². The van der Waals surface area contributed by atoms with Gasteiger partial charge in [0.1, 0.15) is 24.4 Å². The van der Waals surface area contributed by atoms with Gasteiger partial charge in [0.05, 0.1) is 13.2 Å². The first-order valence-corrected chi connectivity index (χ1v) is 9.56. The highest BCUT2D eigenvalue weighted by Gasteiger charge is 2.42. The fraction of sp³-hybridized carbons (Fsp3) is 0.333. The van der Waals surface area contributed by atoms with Crippen molar-refractivity contribution in [2.75, 3.05) is 13.2 Å². The molecule has 0 amide bonds. The van der Waals surface area contributed by atoms with Gasteiger partial charge in [0.15, 0.2) is 0 Å². The van der Waals surface area contributed by atoms with Gasteiger partial charge in [-0.25, -0.2) is 0 Å². The molecule has 3 heteroatoms. The minimum absolute atomic E-state index is 0.0789. The summed E-state index contributed by atoms with van der Waals surface area (Å²) in [5.74, 6) is 0. The van der Waals surface area contributed by atoms with Crippen molar-refractivity contribution in [2.45, 2.75) is 37.3 Å². The molecule has 0 saturated carbocycles. The quantitative estimate of drug-likeness (QED) is 0.452. The fourth-order valence-electron chi connectivity index (χ4n) is 3.40. The van der Waals surface area contributed by atoms with Gasteiger partial charge < -0.3 is 14.2 Å². The third kappa shape index (κ3) is 4.56. The number of benzene rings is 2. The highest BCUT2D eigenvalue weighted by atomic mass is 16.6. The van der Waals surface area contributed by atoms with Crippen molar-refractivity contribution in [3.63, 3.8) is 0 Å². The predicted octanol–water partition coefficient (Wildman–Crippen LogP) is 4.74. The Bertz CT molecular complexity index is 703. The van der Waals surface area contributed by atoms with E-state index in [-0.39, 0.29) is 24.4 Å². The average Bonchev–Trinajstić information content (AvgIpc) is 3.59. The van der Waals surface area contributed by atoms with Crippen LogP contribution in [-0.2, 0) is 27.1 Å². The van der Waals surface area contributed by atoms with Crippen molar-refractivity contribution in [2.24, 2.45) is 0 Å². The van der Waals surface area contributed by atoms with Crippen LogP contribution in [0.5, 0.6) is 0 Å². The molecule has 0 aromatic heterocycles. The molecule has 2 aliphatic heterocycles. The molecule has 0 bridgehead atoms. The van der Waals surface area contributed by atoms with Crippen molar-refractivity contribution >= 4 is 0 Å². The molecule has 4 rings (SSSR count). The molecule has 0 radical (unpaired) electrons. The van der Waals surface area contributed by atoms with E-state index in [1.165, 1.54) is 11.1 Å². The van der Waals surface area contributed by atoms with Gasteiger partial charge in [-0.05, 0) is 35.1 Å². The number of rotatable bonds is 10. The van der Waals surface area contributed by atoms with E-state index in [0.29, 0.717) is 0 Å². The molecule has 2 fully saturated rings. The second-order valence-electron chi connectivity index (χ2n) is 7.19. The number of allylic oxidation sites excluding steroid dienone is 2. The fourth-order valence-corrected chi connectivity index (χ4v) is 3.40. The minimum atomic E-state index is -0.0789. The van der Waals surface area contributed by atoms with Gasteiger partial charge in [0.2, 0.25) is 0 Å². The van der Waals surface area contributed by atoms with E-state index in [2.05, 4.69) is 61.7 Å². The van der Waals surface area contributed by atoms with E-state index in [9.17, 15) is 0 Å². The largest absolute Gasteiger partial charge is 0.370 e. The summed E-state index contributed by atoms with van der Waals surface area (Å²) in [7, 11) is 0. The van der Waals surface area contributed by atoms with Crippen LogP contribution in [0.15, 0.2) is 73.8 Å². The molecule has 140 valence electrons. The Hall–Kier alpha value is -2.20. The summed E-state index contributed by atoms with van der Waals surface area (Å²) in [6, 6.07) is 17.1. The third-order valence-corrected chi connectivity index (χ3v) is 5.06. The summed E-state index contributed by atoms with van der Waals surface area (Å²) in [4.78, 5) is 0. The zero-order valence-corrected chi connectivity index (χ0v) is 15.6. The lowest BCUT2D eigenvalue weighted by atomic mass is 10.0. The minimum Gasteiger partial charge on any atom is -0.370 e. The normalized spacial score (nSPS) is 22.7. The Morgan fingerprint density at radius 3 is 1.44 bits per heavy atom. The highest BCUT2D eigenvalue weighted by molar-refractivity contribution is 5.29. The molecule has 3 nitrogen and oxygen atoms in total. The topological polar surface area (TPSA) is 34.3 Å². The molecule has 2 aromatic rings. The van der Waals surface area contributed by atoms with Crippen LogP contribution in [0.1, 0.15) is 34.5 Å². The molecule has 2 saturated heterocycles. The zero-order valence-electron chi connectivity index (χ0n) is 15.6. The first-order chi connectivity index (χ1) is 13.3. The molecular formula is C24H26O3. The summed E-state index contributed by atoms with van der Waals surface area (Å²) in [6.45, 7) is 9.10. The van der Waals surface area contributed by atoms with E-state index in [0.717, 1.165) is 37.2 Å². The number of hydrogen-bond acceptors (Lipinski definition) is 3. The first-order valence-electron chi connectivity index (χ1n) is 9.56. The molecule has 2 aromatic carbocycles. The number of epoxide rings is 2. The van der Waals surface area contributed by atoms with Gasteiger partial charge in [-0.15, -0.1) is 13.2 Å². The van der Waals surface area contributed by atoms with Crippen LogP contribution < -0.4 is 0 Å². The van der Waals surface area contributed by atoms with Crippen molar-refractivity contribution in [3.8, 4) is 0 Å². The molecule has 2 heterocycles. The maximum atomic E-state index is 6.58. The molecule has 0 N–H and O–H groups in total. The van der Waals surface area contributed by atoms with Crippen LogP contribution in [-0.4, -0.2) is 25.4 Å². The first kappa shape index (κ1) is 18.2. The molecule has 2 aliphatic rings. The van der Waals surface area contributed by atoms with Gasteiger partial charge in [0, 0.05) is 0 Å². The monoisotopic (exact) mass is 362 g/mol. The van der Waals surface area contributed by atoms with Crippen molar-refractivity contribution in [3.05, 3.63) is 96.1 Å². The second kappa shape index (κ2) is 8.22. The van der Waals surface area contributed by atoms with Crippen LogP contribution in [0.3, 0.4) is 0 Å². The van der Waals surface area contributed by atoms with Gasteiger partial charge in [0.25, 0.3) is 0 Å². The predicted molar refractivity (Wildman–Crippen MR) is 107 cm³/mol. The zero-order chi connectivity index (χ0) is 18.6. The average molecular weight is 362 g/mol. The Morgan fingerprint density at radius 2 is 1.15 bits per heavy atom. The summed E-state index contributed by atoms with van der Waals surface area (Å²) in [5.41, 5.74) is 4.81. The van der Waals surface area contributed by atoms with E-state index in [1.807, 2.05) is 12.2 Å². The Morgan fingerprint density at radius 1 is 0.778 bits per heavy atom. The number of ether oxygens (including phenoxy) is 3. The second-order valence-corrected chi connectivity index (χ2v) is 7.19. The smallest absolute Gasteiger partial charge is 0.112 e. The summed E-state index contributed by atoms with van der Waals surface area (Å²) in [6.07, 6.45) is 5.68. The molecule has 0 spiro atoms. The lowest BCUT2D eigenvalue weighted by Gasteiger charge is -2.24. The molecular weight excluding hydrogens is 336 g/mol.